The van der Waals surface area contributed by atoms with Gasteiger partial charge in [0.25, 0.3) is 0 Å². The molecular formula is C11H12OS. The standard InChI is InChI=1S/C11H12OS/c1-8-4-3-5-10-9(7-13-2)6-12-11(8)10/h3-6H,7H2,1-2H3. The van der Waals surface area contributed by atoms with E-state index in [1.807, 2.05) is 18.0 Å². The number of aryl methyl sites for hydroxylation is 1. The molecule has 68 valence electrons. The van der Waals surface area contributed by atoms with E-state index in [1.54, 1.807) is 0 Å². The second-order valence-corrected chi connectivity index (χ2v) is 4.01. The van der Waals surface area contributed by atoms with E-state index in [-0.39, 0.29) is 0 Å². The molecule has 0 radical (unpaired) electrons. The molecule has 2 aromatic rings. The maximum Gasteiger partial charge on any atom is 0.137 e. The summed E-state index contributed by atoms with van der Waals surface area (Å²) >= 11 is 1.82. The van der Waals surface area contributed by atoms with Gasteiger partial charge in [-0.25, -0.2) is 0 Å². The van der Waals surface area contributed by atoms with Crippen molar-refractivity contribution in [3.63, 3.8) is 0 Å². The number of hydrogen-bond donors (Lipinski definition) is 0. The number of fused-ring (bicyclic) bond motifs is 1. The minimum atomic E-state index is 1.02. The lowest BCUT2D eigenvalue weighted by molar-refractivity contribution is 0.610. The van der Waals surface area contributed by atoms with Gasteiger partial charge in [0.2, 0.25) is 0 Å². The average Bonchev–Trinajstić information content (AvgIpc) is 2.51. The zero-order valence-electron chi connectivity index (χ0n) is 7.83. The molecule has 2 rings (SSSR count). The van der Waals surface area contributed by atoms with Crippen molar-refractivity contribution in [3.8, 4) is 0 Å². The summed E-state index contributed by atoms with van der Waals surface area (Å²) in [6, 6.07) is 6.28. The predicted molar refractivity (Wildman–Crippen MR) is 58.2 cm³/mol. The fourth-order valence-corrected chi connectivity index (χ4v) is 2.06. The van der Waals surface area contributed by atoms with Crippen LogP contribution in [0.1, 0.15) is 11.1 Å². The van der Waals surface area contributed by atoms with Gasteiger partial charge in [0.15, 0.2) is 0 Å². The highest BCUT2D eigenvalue weighted by Crippen LogP contribution is 2.26. The van der Waals surface area contributed by atoms with Crippen molar-refractivity contribution < 1.29 is 4.42 Å². The molecule has 1 aromatic heterocycles. The summed E-state index contributed by atoms with van der Waals surface area (Å²) < 4.78 is 5.52. The van der Waals surface area contributed by atoms with Crippen LogP contribution >= 0.6 is 11.8 Å². The zero-order chi connectivity index (χ0) is 9.26. The molecular weight excluding hydrogens is 180 g/mol. The minimum Gasteiger partial charge on any atom is -0.464 e. The van der Waals surface area contributed by atoms with Crippen LogP contribution in [-0.4, -0.2) is 6.26 Å². The second kappa shape index (κ2) is 3.46. The van der Waals surface area contributed by atoms with Gasteiger partial charge in [0.05, 0.1) is 6.26 Å². The Morgan fingerprint density at radius 3 is 3.00 bits per heavy atom. The van der Waals surface area contributed by atoms with Gasteiger partial charge >= 0.3 is 0 Å². The maximum absolute atomic E-state index is 5.52. The van der Waals surface area contributed by atoms with Crippen LogP contribution in [0.15, 0.2) is 28.9 Å². The number of para-hydroxylation sites is 1. The van der Waals surface area contributed by atoms with Crippen LogP contribution in [-0.2, 0) is 5.75 Å². The van der Waals surface area contributed by atoms with E-state index in [2.05, 4.69) is 31.4 Å². The summed E-state index contributed by atoms with van der Waals surface area (Å²) in [5.41, 5.74) is 3.54. The summed E-state index contributed by atoms with van der Waals surface area (Å²) in [6.45, 7) is 2.08. The Hall–Kier alpha value is -0.890. The second-order valence-electron chi connectivity index (χ2n) is 3.15. The van der Waals surface area contributed by atoms with Gasteiger partial charge in [0.1, 0.15) is 5.58 Å². The Labute approximate surface area is 82.1 Å². The zero-order valence-corrected chi connectivity index (χ0v) is 8.65. The molecule has 0 aliphatic rings. The average molecular weight is 192 g/mol. The quantitative estimate of drug-likeness (QED) is 0.721. The van der Waals surface area contributed by atoms with Crippen LogP contribution in [0.5, 0.6) is 0 Å². The molecule has 0 amide bonds. The highest BCUT2D eigenvalue weighted by Gasteiger charge is 2.05. The van der Waals surface area contributed by atoms with E-state index >= 15 is 0 Å². The first-order valence-electron chi connectivity index (χ1n) is 4.27. The molecule has 1 aromatic carbocycles. The molecule has 0 bridgehead atoms. The number of thioether (sulfide) groups is 1. The summed E-state index contributed by atoms with van der Waals surface area (Å²) in [5, 5.41) is 1.26. The van der Waals surface area contributed by atoms with E-state index in [0.717, 1.165) is 11.3 Å². The fourth-order valence-electron chi connectivity index (χ4n) is 1.52. The first kappa shape index (κ1) is 8.70. The highest BCUT2D eigenvalue weighted by atomic mass is 32.2. The molecule has 0 atom stereocenters. The van der Waals surface area contributed by atoms with Crippen LogP contribution in [0, 0.1) is 6.92 Å². The number of hydrogen-bond acceptors (Lipinski definition) is 2. The lowest BCUT2D eigenvalue weighted by atomic mass is 10.1. The molecule has 0 saturated heterocycles. The normalized spacial score (nSPS) is 10.9. The van der Waals surface area contributed by atoms with Crippen molar-refractivity contribution in [2.24, 2.45) is 0 Å². The molecule has 0 fully saturated rings. The van der Waals surface area contributed by atoms with Crippen molar-refractivity contribution in [3.05, 3.63) is 35.6 Å². The molecule has 1 heterocycles. The van der Waals surface area contributed by atoms with Gasteiger partial charge < -0.3 is 4.42 Å². The number of furan rings is 1. The van der Waals surface area contributed by atoms with Crippen molar-refractivity contribution in [2.75, 3.05) is 6.26 Å². The molecule has 1 nitrogen and oxygen atoms in total. The van der Waals surface area contributed by atoms with Crippen LogP contribution < -0.4 is 0 Å². The van der Waals surface area contributed by atoms with E-state index < -0.39 is 0 Å². The minimum absolute atomic E-state index is 1.02. The summed E-state index contributed by atoms with van der Waals surface area (Å²) in [6.07, 6.45) is 3.97. The van der Waals surface area contributed by atoms with Gasteiger partial charge in [-0.3, -0.25) is 0 Å². The lowest BCUT2D eigenvalue weighted by Gasteiger charge is -1.95. The van der Waals surface area contributed by atoms with Crippen LogP contribution in [0.4, 0.5) is 0 Å². The molecule has 0 N–H and O–H groups in total. The Kier molecular flexibility index (Phi) is 2.32. The van der Waals surface area contributed by atoms with Crippen LogP contribution in [0.25, 0.3) is 11.0 Å². The molecule has 0 unspecified atom stereocenters. The lowest BCUT2D eigenvalue weighted by Crippen LogP contribution is -1.76. The predicted octanol–water partition coefficient (Wildman–Crippen LogP) is 3.60. The largest absolute Gasteiger partial charge is 0.464 e. The van der Waals surface area contributed by atoms with Gasteiger partial charge in [0, 0.05) is 16.7 Å². The topological polar surface area (TPSA) is 13.1 Å². The van der Waals surface area contributed by atoms with Crippen molar-refractivity contribution in [1.29, 1.82) is 0 Å². The monoisotopic (exact) mass is 192 g/mol. The third kappa shape index (κ3) is 1.46. The van der Waals surface area contributed by atoms with E-state index in [1.165, 1.54) is 16.5 Å². The van der Waals surface area contributed by atoms with E-state index in [4.69, 9.17) is 4.42 Å². The van der Waals surface area contributed by atoms with Crippen LogP contribution in [0.3, 0.4) is 0 Å². The van der Waals surface area contributed by atoms with Crippen molar-refractivity contribution in [2.45, 2.75) is 12.7 Å². The molecule has 0 saturated carbocycles. The number of benzene rings is 1. The molecule has 0 aliphatic carbocycles. The Balaban J connectivity index is 2.61. The molecule has 13 heavy (non-hydrogen) atoms. The van der Waals surface area contributed by atoms with Crippen LogP contribution in [0.2, 0.25) is 0 Å². The van der Waals surface area contributed by atoms with Crippen molar-refractivity contribution in [1.82, 2.24) is 0 Å². The fraction of sp³-hybridized carbons (Fsp3) is 0.273. The third-order valence-corrected chi connectivity index (χ3v) is 2.78. The Morgan fingerprint density at radius 2 is 2.23 bits per heavy atom. The van der Waals surface area contributed by atoms with Gasteiger partial charge in [-0.05, 0) is 18.7 Å². The van der Waals surface area contributed by atoms with E-state index in [9.17, 15) is 0 Å². The van der Waals surface area contributed by atoms with Gasteiger partial charge in [-0.1, -0.05) is 18.2 Å². The Bertz CT molecular complexity index is 417. The van der Waals surface area contributed by atoms with Gasteiger partial charge in [-0.2, -0.15) is 11.8 Å². The van der Waals surface area contributed by atoms with E-state index in [0.29, 0.717) is 0 Å². The summed E-state index contributed by atoms with van der Waals surface area (Å²) in [7, 11) is 0. The molecule has 0 spiro atoms. The first-order valence-corrected chi connectivity index (χ1v) is 5.67. The summed E-state index contributed by atoms with van der Waals surface area (Å²) in [4.78, 5) is 0. The number of rotatable bonds is 2. The molecule has 2 heteroatoms. The third-order valence-electron chi connectivity index (χ3n) is 2.18. The SMILES string of the molecule is CSCc1coc2c(C)cccc12. The smallest absolute Gasteiger partial charge is 0.137 e. The highest BCUT2D eigenvalue weighted by molar-refractivity contribution is 7.97. The van der Waals surface area contributed by atoms with Gasteiger partial charge in [-0.15, -0.1) is 0 Å². The maximum atomic E-state index is 5.52. The summed E-state index contributed by atoms with van der Waals surface area (Å²) in [5.74, 6) is 1.02. The first-order chi connectivity index (χ1) is 6.33. The molecule has 0 aliphatic heterocycles. The Morgan fingerprint density at radius 1 is 1.38 bits per heavy atom. The van der Waals surface area contributed by atoms with Crippen molar-refractivity contribution >= 4 is 22.7 Å².